The highest BCUT2D eigenvalue weighted by molar-refractivity contribution is 5.98. The number of amides is 1. The first-order valence-corrected chi connectivity index (χ1v) is 9.93. The van der Waals surface area contributed by atoms with E-state index in [1.165, 1.54) is 0 Å². The summed E-state index contributed by atoms with van der Waals surface area (Å²) in [7, 11) is 3.77. The highest BCUT2D eigenvalue weighted by Crippen LogP contribution is 2.27. The molecule has 0 aliphatic carbocycles. The number of carbonyl (C=O) groups is 1. The molecule has 0 bridgehead atoms. The van der Waals surface area contributed by atoms with E-state index in [9.17, 15) is 4.79 Å². The van der Waals surface area contributed by atoms with E-state index < -0.39 is 0 Å². The number of likely N-dealkylation sites (N-methyl/N-ethyl adjacent to an activating group) is 1. The molecule has 2 aromatic rings. The van der Waals surface area contributed by atoms with Gasteiger partial charge in [0.2, 0.25) is 0 Å². The van der Waals surface area contributed by atoms with Crippen LogP contribution in [0.1, 0.15) is 41.3 Å². The number of anilines is 2. The van der Waals surface area contributed by atoms with Crippen molar-refractivity contribution in [3.05, 3.63) is 53.3 Å². The summed E-state index contributed by atoms with van der Waals surface area (Å²) in [4.78, 5) is 20.9. The second-order valence-electron chi connectivity index (χ2n) is 7.22. The lowest BCUT2D eigenvalue weighted by molar-refractivity contribution is 0.0776. The fourth-order valence-electron chi connectivity index (χ4n) is 3.49. The van der Waals surface area contributed by atoms with Gasteiger partial charge < -0.3 is 19.9 Å². The van der Waals surface area contributed by atoms with Crippen molar-refractivity contribution in [2.75, 3.05) is 44.1 Å². The zero-order chi connectivity index (χ0) is 19.9. The number of aromatic nitrogens is 1. The number of rotatable bonds is 10. The maximum atomic E-state index is 12.5. The number of methoxy groups -OCH3 is 1. The minimum Gasteiger partial charge on any atom is -0.383 e. The molecule has 0 saturated carbocycles. The van der Waals surface area contributed by atoms with Crippen molar-refractivity contribution < 1.29 is 9.53 Å². The monoisotopic (exact) mass is 382 g/mol. The molecule has 1 aromatic carbocycles. The Hall–Kier alpha value is -2.60. The summed E-state index contributed by atoms with van der Waals surface area (Å²) >= 11 is 0. The fraction of sp³-hybridized carbons (Fsp3) is 0.455. The molecule has 150 valence electrons. The van der Waals surface area contributed by atoms with Gasteiger partial charge in [-0.3, -0.25) is 9.78 Å². The average molecular weight is 383 g/mol. The summed E-state index contributed by atoms with van der Waals surface area (Å²) in [6, 6.07) is 8.06. The van der Waals surface area contributed by atoms with Crippen LogP contribution in [0.5, 0.6) is 0 Å². The Bertz CT molecular complexity index is 809. The van der Waals surface area contributed by atoms with Gasteiger partial charge in [-0.25, -0.2) is 0 Å². The molecule has 6 heteroatoms. The van der Waals surface area contributed by atoms with Crippen molar-refractivity contribution in [2.24, 2.45) is 0 Å². The molecule has 0 unspecified atom stereocenters. The van der Waals surface area contributed by atoms with E-state index in [1.54, 1.807) is 7.11 Å². The van der Waals surface area contributed by atoms with Gasteiger partial charge in [0.25, 0.3) is 5.91 Å². The minimum atomic E-state index is 0.157. The van der Waals surface area contributed by atoms with Gasteiger partial charge in [0.1, 0.15) is 0 Å². The number of benzene rings is 1. The van der Waals surface area contributed by atoms with Crippen LogP contribution in [-0.4, -0.2) is 49.6 Å². The average Bonchev–Trinajstić information content (AvgIpc) is 3.04. The Morgan fingerprint density at radius 3 is 2.96 bits per heavy atom. The summed E-state index contributed by atoms with van der Waals surface area (Å²) in [6.07, 6.45) is 5.85. The van der Waals surface area contributed by atoms with Gasteiger partial charge >= 0.3 is 0 Å². The third kappa shape index (κ3) is 4.62. The predicted octanol–water partition coefficient (Wildman–Crippen LogP) is 3.53. The number of nitrogens with one attached hydrogen (secondary N) is 1. The van der Waals surface area contributed by atoms with Crippen LogP contribution in [0, 0.1) is 0 Å². The topological polar surface area (TPSA) is 57.7 Å². The van der Waals surface area contributed by atoms with Crippen LogP contribution < -0.4 is 10.2 Å². The van der Waals surface area contributed by atoms with Crippen LogP contribution in [0.25, 0.3) is 0 Å². The number of unbranched alkanes of at least 4 members (excludes halogenated alkanes) is 1. The SMILES string of the molecule is CCCCN1Cc2cc(NCc3cnccc3N(C)CCOC)ccc2C1=O. The van der Waals surface area contributed by atoms with Gasteiger partial charge in [0, 0.05) is 75.2 Å². The van der Waals surface area contributed by atoms with Crippen molar-refractivity contribution >= 4 is 17.3 Å². The van der Waals surface area contributed by atoms with Crippen molar-refractivity contribution in [1.82, 2.24) is 9.88 Å². The molecule has 0 radical (unpaired) electrons. The van der Waals surface area contributed by atoms with Crippen molar-refractivity contribution in [2.45, 2.75) is 32.9 Å². The zero-order valence-electron chi connectivity index (χ0n) is 17.1. The largest absolute Gasteiger partial charge is 0.383 e. The molecule has 28 heavy (non-hydrogen) atoms. The number of fused-ring (bicyclic) bond motifs is 1. The van der Waals surface area contributed by atoms with Gasteiger partial charge in [-0.05, 0) is 36.2 Å². The molecule has 6 nitrogen and oxygen atoms in total. The van der Waals surface area contributed by atoms with E-state index in [4.69, 9.17) is 4.74 Å². The van der Waals surface area contributed by atoms with E-state index in [2.05, 4.69) is 35.2 Å². The summed E-state index contributed by atoms with van der Waals surface area (Å²) in [5, 5.41) is 3.49. The lowest BCUT2D eigenvalue weighted by Gasteiger charge is -2.22. The summed E-state index contributed by atoms with van der Waals surface area (Å²) in [5.74, 6) is 0.157. The van der Waals surface area contributed by atoms with Crippen LogP contribution in [0.3, 0.4) is 0 Å². The number of hydrogen-bond donors (Lipinski definition) is 1. The molecule has 1 aliphatic rings. The Morgan fingerprint density at radius 2 is 2.18 bits per heavy atom. The third-order valence-electron chi connectivity index (χ3n) is 5.17. The second-order valence-corrected chi connectivity index (χ2v) is 7.22. The van der Waals surface area contributed by atoms with E-state index in [-0.39, 0.29) is 5.91 Å². The number of carbonyl (C=O) groups excluding carboxylic acids is 1. The van der Waals surface area contributed by atoms with E-state index in [0.717, 1.165) is 54.0 Å². The lowest BCUT2D eigenvalue weighted by atomic mass is 10.1. The van der Waals surface area contributed by atoms with Crippen LogP contribution >= 0.6 is 0 Å². The first-order valence-electron chi connectivity index (χ1n) is 9.93. The molecule has 0 saturated heterocycles. The van der Waals surface area contributed by atoms with Crippen LogP contribution in [0.2, 0.25) is 0 Å². The summed E-state index contributed by atoms with van der Waals surface area (Å²) in [5.41, 5.74) is 5.24. The predicted molar refractivity (Wildman–Crippen MR) is 113 cm³/mol. The molecule has 0 fully saturated rings. The molecular weight excluding hydrogens is 352 g/mol. The van der Waals surface area contributed by atoms with Crippen LogP contribution in [0.4, 0.5) is 11.4 Å². The maximum Gasteiger partial charge on any atom is 0.254 e. The summed E-state index contributed by atoms with van der Waals surface area (Å²) < 4.78 is 5.18. The molecule has 1 N–H and O–H groups in total. The third-order valence-corrected chi connectivity index (χ3v) is 5.17. The van der Waals surface area contributed by atoms with Crippen molar-refractivity contribution in [3.63, 3.8) is 0 Å². The Kier molecular flexibility index (Phi) is 6.87. The normalized spacial score (nSPS) is 13.0. The van der Waals surface area contributed by atoms with Crippen molar-refractivity contribution in [1.29, 1.82) is 0 Å². The Labute approximate surface area is 167 Å². The zero-order valence-corrected chi connectivity index (χ0v) is 17.1. The minimum absolute atomic E-state index is 0.157. The van der Waals surface area contributed by atoms with Gasteiger partial charge in [-0.1, -0.05) is 13.3 Å². The van der Waals surface area contributed by atoms with Crippen molar-refractivity contribution in [3.8, 4) is 0 Å². The number of pyridine rings is 1. The van der Waals surface area contributed by atoms with Gasteiger partial charge in [0.15, 0.2) is 0 Å². The highest BCUT2D eigenvalue weighted by atomic mass is 16.5. The maximum absolute atomic E-state index is 12.5. The molecule has 3 rings (SSSR count). The van der Waals surface area contributed by atoms with Crippen LogP contribution in [0.15, 0.2) is 36.7 Å². The molecule has 0 spiro atoms. The number of nitrogens with zero attached hydrogens (tertiary/aromatic N) is 3. The number of hydrogen-bond acceptors (Lipinski definition) is 5. The molecule has 1 aliphatic heterocycles. The first kappa shape index (κ1) is 20.1. The van der Waals surface area contributed by atoms with E-state index in [1.807, 2.05) is 35.5 Å². The first-order chi connectivity index (χ1) is 13.6. The molecule has 2 heterocycles. The smallest absolute Gasteiger partial charge is 0.254 e. The second kappa shape index (κ2) is 9.55. The molecular formula is C22H30N4O2. The number of ether oxygens (including phenoxy) is 1. The van der Waals surface area contributed by atoms with Gasteiger partial charge in [-0.15, -0.1) is 0 Å². The van der Waals surface area contributed by atoms with E-state index in [0.29, 0.717) is 19.7 Å². The standard InChI is InChI=1S/C22H30N4O2/c1-4-5-10-26-16-17-13-19(6-7-20(17)22(26)27)24-15-18-14-23-9-8-21(18)25(2)11-12-28-3/h6-9,13-14,24H,4-5,10-12,15-16H2,1-3H3. The van der Waals surface area contributed by atoms with Gasteiger partial charge in [0.05, 0.1) is 6.61 Å². The molecule has 1 aromatic heterocycles. The molecule has 0 atom stereocenters. The molecule has 1 amide bonds. The summed E-state index contributed by atoms with van der Waals surface area (Å²) in [6.45, 7) is 5.87. The van der Waals surface area contributed by atoms with Gasteiger partial charge in [-0.2, -0.15) is 0 Å². The fourth-order valence-corrected chi connectivity index (χ4v) is 3.49. The quantitative estimate of drug-likeness (QED) is 0.681. The lowest BCUT2D eigenvalue weighted by Crippen LogP contribution is -2.24. The Morgan fingerprint density at radius 1 is 1.32 bits per heavy atom. The van der Waals surface area contributed by atoms with Crippen LogP contribution in [-0.2, 0) is 17.8 Å². The van der Waals surface area contributed by atoms with E-state index >= 15 is 0 Å². The Balaban J connectivity index is 1.66. The highest BCUT2D eigenvalue weighted by Gasteiger charge is 2.26.